The highest BCUT2D eigenvalue weighted by atomic mass is 79.9. The zero-order valence-electron chi connectivity index (χ0n) is 11.0. The molecule has 0 saturated carbocycles. The van der Waals surface area contributed by atoms with Crippen LogP contribution in [0.25, 0.3) is 0 Å². The molecule has 0 amide bonds. The number of halogens is 2. The normalized spacial score (nSPS) is 11.8. The van der Waals surface area contributed by atoms with Gasteiger partial charge in [0.1, 0.15) is 5.82 Å². The molecule has 2 rings (SSSR count). The summed E-state index contributed by atoms with van der Waals surface area (Å²) in [5.41, 5.74) is 1.13. The maximum Gasteiger partial charge on any atom is 0.276 e. The van der Waals surface area contributed by atoms with Crippen LogP contribution in [0.3, 0.4) is 0 Å². The lowest BCUT2D eigenvalue weighted by molar-refractivity contribution is 0.584. The van der Waals surface area contributed by atoms with E-state index in [0.29, 0.717) is 4.47 Å². The Hall–Kier alpha value is -1.73. The van der Waals surface area contributed by atoms with Gasteiger partial charge in [0.2, 0.25) is 0 Å². The number of aryl methyl sites for hydroxylation is 1. The second-order valence-corrected chi connectivity index (χ2v) is 6.91. The van der Waals surface area contributed by atoms with Crippen molar-refractivity contribution in [3.63, 3.8) is 0 Å². The summed E-state index contributed by atoms with van der Waals surface area (Å²) in [5.74, 6) is -0.489. The fraction of sp³-hybridized carbons (Fsp3) is 0.0714. The van der Waals surface area contributed by atoms with Crippen LogP contribution in [0.1, 0.15) is 11.1 Å². The SMILES string of the molecule is Cc1ccc(S(=O)(=O)N/N=C/c2cc(Br)ccc2F)cc1. The molecular formula is C14H12BrFN2O2S. The van der Waals surface area contributed by atoms with Crippen molar-refractivity contribution in [1.82, 2.24) is 4.83 Å². The minimum atomic E-state index is -3.75. The molecule has 0 bridgehead atoms. The Balaban J connectivity index is 2.16. The van der Waals surface area contributed by atoms with Crippen LogP contribution in [0.4, 0.5) is 4.39 Å². The van der Waals surface area contributed by atoms with E-state index in [2.05, 4.69) is 21.0 Å². The van der Waals surface area contributed by atoms with Crippen molar-refractivity contribution in [2.24, 2.45) is 5.10 Å². The van der Waals surface area contributed by atoms with Crippen LogP contribution in [0.2, 0.25) is 0 Å². The van der Waals surface area contributed by atoms with Crippen LogP contribution >= 0.6 is 15.9 Å². The van der Waals surface area contributed by atoms with E-state index >= 15 is 0 Å². The second-order valence-electron chi connectivity index (χ2n) is 4.33. The Morgan fingerprint density at radius 2 is 1.86 bits per heavy atom. The maximum absolute atomic E-state index is 13.5. The number of nitrogens with one attached hydrogen (secondary N) is 1. The topological polar surface area (TPSA) is 58.5 Å². The molecule has 0 saturated heterocycles. The number of hydrogen-bond acceptors (Lipinski definition) is 3. The molecule has 0 heterocycles. The molecular weight excluding hydrogens is 359 g/mol. The molecule has 0 fully saturated rings. The van der Waals surface area contributed by atoms with Crippen LogP contribution < -0.4 is 4.83 Å². The highest BCUT2D eigenvalue weighted by Gasteiger charge is 2.11. The average Bonchev–Trinajstić information content (AvgIpc) is 2.43. The summed E-state index contributed by atoms with van der Waals surface area (Å²) < 4.78 is 38.1. The van der Waals surface area contributed by atoms with Crippen LogP contribution in [-0.4, -0.2) is 14.6 Å². The smallest absolute Gasteiger partial charge is 0.206 e. The summed E-state index contributed by atoms with van der Waals surface area (Å²) in [6.45, 7) is 1.86. The molecule has 2 aromatic rings. The van der Waals surface area contributed by atoms with Gasteiger partial charge in [-0.15, -0.1) is 0 Å². The van der Waals surface area contributed by atoms with E-state index in [-0.39, 0.29) is 10.5 Å². The highest BCUT2D eigenvalue weighted by Crippen LogP contribution is 2.14. The van der Waals surface area contributed by atoms with Crippen LogP contribution in [0, 0.1) is 12.7 Å². The first-order valence-corrected chi connectivity index (χ1v) is 8.23. The second kappa shape index (κ2) is 6.36. The maximum atomic E-state index is 13.5. The zero-order chi connectivity index (χ0) is 15.5. The molecule has 0 aliphatic rings. The Bertz CT molecular complexity index is 774. The predicted octanol–water partition coefficient (Wildman–Crippen LogP) is 3.21. The zero-order valence-corrected chi connectivity index (χ0v) is 13.4. The Labute approximate surface area is 130 Å². The highest BCUT2D eigenvalue weighted by molar-refractivity contribution is 9.10. The number of sulfonamides is 1. The van der Waals surface area contributed by atoms with E-state index in [1.165, 1.54) is 24.3 Å². The monoisotopic (exact) mass is 370 g/mol. The van der Waals surface area contributed by atoms with Gasteiger partial charge < -0.3 is 0 Å². The first-order valence-electron chi connectivity index (χ1n) is 5.95. The van der Waals surface area contributed by atoms with Gasteiger partial charge in [-0.2, -0.15) is 13.5 Å². The van der Waals surface area contributed by atoms with Crippen molar-refractivity contribution in [1.29, 1.82) is 0 Å². The lowest BCUT2D eigenvalue weighted by Gasteiger charge is -2.03. The third-order valence-electron chi connectivity index (χ3n) is 2.67. The molecule has 0 aliphatic heterocycles. The summed E-state index contributed by atoms with van der Waals surface area (Å²) in [6, 6.07) is 10.6. The van der Waals surface area contributed by atoms with Crippen molar-refractivity contribution in [3.05, 3.63) is 63.9 Å². The van der Waals surface area contributed by atoms with Gasteiger partial charge in [0, 0.05) is 10.0 Å². The van der Waals surface area contributed by atoms with E-state index in [4.69, 9.17) is 0 Å². The van der Waals surface area contributed by atoms with E-state index in [9.17, 15) is 12.8 Å². The lowest BCUT2D eigenvalue weighted by atomic mass is 10.2. The van der Waals surface area contributed by atoms with Gasteiger partial charge in [-0.05, 0) is 37.3 Å². The van der Waals surface area contributed by atoms with Crippen LogP contribution in [-0.2, 0) is 10.0 Å². The van der Waals surface area contributed by atoms with E-state index in [1.54, 1.807) is 18.2 Å². The largest absolute Gasteiger partial charge is 0.276 e. The molecule has 0 aromatic heterocycles. The lowest BCUT2D eigenvalue weighted by Crippen LogP contribution is -2.18. The van der Waals surface area contributed by atoms with E-state index in [0.717, 1.165) is 11.8 Å². The summed E-state index contributed by atoms with van der Waals surface area (Å²) in [5, 5.41) is 3.59. The number of rotatable bonds is 4. The quantitative estimate of drug-likeness (QED) is 0.663. The van der Waals surface area contributed by atoms with Gasteiger partial charge in [0.25, 0.3) is 10.0 Å². The third kappa shape index (κ3) is 4.12. The molecule has 0 aliphatic carbocycles. The number of hydrazone groups is 1. The van der Waals surface area contributed by atoms with Gasteiger partial charge in [-0.25, -0.2) is 9.22 Å². The van der Waals surface area contributed by atoms with E-state index in [1.807, 2.05) is 11.8 Å². The first-order chi connectivity index (χ1) is 9.88. The van der Waals surface area contributed by atoms with Crippen LogP contribution in [0.15, 0.2) is 56.9 Å². The summed E-state index contributed by atoms with van der Waals surface area (Å²) >= 11 is 3.20. The van der Waals surface area contributed by atoms with Gasteiger partial charge in [-0.1, -0.05) is 33.6 Å². The van der Waals surface area contributed by atoms with Crippen LogP contribution in [0.5, 0.6) is 0 Å². The van der Waals surface area contributed by atoms with Crippen molar-refractivity contribution in [2.75, 3.05) is 0 Å². The standard InChI is InChI=1S/C14H12BrFN2O2S/c1-10-2-5-13(6-3-10)21(19,20)18-17-9-11-8-12(15)4-7-14(11)16/h2-9,18H,1H3/b17-9+. The first kappa shape index (κ1) is 15.7. The fourth-order valence-electron chi connectivity index (χ4n) is 1.55. The minimum Gasteiger partial charge on any atom is -0.206 e. The van der Waals surface area contributed by atoms with Crippen molar-refractivity contribution < 1.29 is 12.8 Å². The predicted molar refractivity (Wildman–Crippen MR) is 83.2 cm³/mol. The molecule has 2 aromatic carbocycles. The van der Waals surface area contributed by atoms with Crippen molar-refractivity contribution >= 4 is 32.2 Å². The number of hydrogen-bond donors (Lipinski definition) is 1. The van der Waals surface area contributed by atoms with Crippen molar-refractivity contribution in [2.45, 2.75) is 11.8 Å². The fourth-order valence-corrected chi connectivity index (χ4v) is 2.72. The molecule has 0 spiro atoms. The van der Waals surface area contributed by atoms with Gasteiger partial charge in [0.15, 0.2) is 0 Å². The Kier molecular flexibility index (Phi) is 4.74. The molecule has 21 heavy (non-hydrogen) atoms. The van der Waals surface area contributed by atoms with Crippen molar-refractivity contribution in [3.8, 4) is 0 Å². The molecule has 0 unspecified atom stereocenters. The minimum absolute atomic E-state index is 0.0972. The molecule has 7 heteroatoms. The molecule has 1 N–H and O–H groups in total. The average molecular weight is 371 g/mol. The van der Waals surface area contributed by atoms with Gasteiger partial charge in [0.05, 0.1) is 11.1 Å². The van der Waals surface area contributed by atoms with Gasteiger partial charge in [-0.3, -0.25) is 0 Å². The summed E-state index contributed by atoms with van der Waals surface area (Å²) in [7, 11) is -3.75. The molecule has 110 valence electrons. The molecule has 0 radical (unpaired) electrons. The molecule has 0 atom stereocenters. The Morgan fingerprint density at radius 3 is 2.52 bits per heavy atom. The summed E-state index contributed by atoms with van der Waals surface area (Å²) in [6.07, 6.45) is 1.12. The van der Waals surface area contributed by atoms with Gasteiger partial charge >= 0.3 is 0 Å². The number of benzene rings is 2. The van der Waals surface area contributed by atoms with E-state index < -0.39 is 15.8 Å². The Morgan fingerprint density at radius 1 is 1.19 bits per heavy atom. The third-order valence-corrected chi connectivity index (χ3v) is 4.40. The number of nitrogens with zero attached hydrogens (tertiary/aromatic N) is 1. The molecule has 4 nitrogen and oxygen atoms in total. The summed E-state index contributed by atoms with van der Waals surface area (Å²) in [4.78, 5) is 2.15.